The average molecular weight is 317 g/mol. The van der Waals surface area contributed by atoms with Gasteiger partial charge in [-0.25, -0.2) is 4.79 Å². The second-order valence-corrected chi connectivity index (χ2v) is 6.81. The standard InChI is InChI=1S/C17H19NO5/c1-9-4-11-12(6-17(2,3)7-14(11)23-9)18-15(19)13-5-10(8-22-13)16(20)21/h4-5,8,12H,6-7H2,1-3H3,(H,18,19)(H,20,21). The van der Waals surface area contributed by atoms with Crippen LogP contribution in [0.25, 0.3) is 0 Å². The van der Waals surface area contributed by atoms with Crippen LogP contribution in [0.1, 0.15) is 64.3 Å². The summed E-state index contributed by atoms with van der Waals surface area (Å²) in [6.07, 6.45) is 2.67. The highest BCUT2D eigenvalue weighted by atomic mass is 16.4. The molecule has 1 unspecified atom stereocenters. The molecule has 0 aromatic carbocycles. The van der Waals surface area contributed by atoms with Gasteiger partial charge in [0.15, 0.2) is 5.76 Å². The Hall–Kier alpha value is -2.50. The van der Waals surface area contributed by atoms with E-state index in [1.54, 1.807) is 0 Å². The van der Waals surface area contributed by atoms with Crippen LogP contribution in [0, 0.1) is 12.3 Å². The lowest BCUT2D eigenvalue weighted by atomic mass is 9.74. The van der Waals surface area contributed by atoms with Crippen LogP contribution in [0.15, 0.2) is 27.2 Å². The van der Waals surface area contributed by atoms with Gasteiger partial charge in [-0.1, -0.05) is 13.8 Å². The average Bonchev–Trinajstić information content (AvgIpc) is 3.03. The van der Waals surface area contributed by atoms with E-state index in [4.69, 9.17) is 13.9 Å². The quantitative estimate of drug-likeness (QED) is 0.906. The van der Waals surface area contributed by atoms with Gasteiger partial charge in [0, 0.05) is 18.1 Å². The highest BCUT2D eigenvalue weighted by Crippen LogP contribution is 2.42. The van der Waals surface area contributed by atoms with Crippen LogP contribution in [0.5, 0.6) is 0 Å². The van der Waals surface area contributed by atoms with Gasteiger partial charge in [-0.15, -0.1) is 0 Å². The van der Waals surface area contributed by atoms with Crippen molar-refractivity contribution in [2.45, 2.75) is 39.7 Å². The van der Waals surface area contributed by atoms with E-state index in [0.717, 1.165) is 36.2 Å². The van der Waals surface area contributed by atoms with Crippen molar-refractivity contribution < 1.29 is 23.5 Å². The summed E-state index contributed by atoms with van der Waals surface area (Å²) in [5, 5.41) is 11.8. The highest BCUT2D eigenvalue weighted by molar-refractivity contribution is 5.95. The second-order valence-electron chi connectivity index (χ2n) is 6.81. The third kappa shape index (κ3) is 3.02. The number of carboxylic acid groups (broad SMARTS) is 1. The minimum Gasteiger partial charge on any atom is -0.478 e. The minimum atomic E-state index is -1.13. The van der Waals surface area contributed by atoms with Gasteiger partial charge in [0.25, 0.3) is 5.91 Å². The van der Waals surface area contributed by atoms with Gasteiger partial charge < -0.3 is 19.3 Å². The van der Waals surface area contributed by atoms with Crippen LogP contribution >= 0.6 is 0 Å². The summed E-state index contributed by atoms with van der Waals surface area (Å²) in [5.41, 5.74) is 0.948. The zero-order valence-electron chi connectivity index (χ0n) is 13.3. The van der Waals surface area contributed by atoms with Crippen LogP contribution < -0.4 is 5.32 Å². The molecule has 1 aliphatic carbocycles. The Morgan fingerprint density at radius 3 is 2.74 bits per heavy atom. The van der Waals surface area contributed by atoms with Crippen LogP contribution in [0.4, 0.5) is 0 Å². The molecular weight excluding hydrogens is 298 g/mol. The molecule has 3 rings (SSSR count). The topological polar surface area (TPSA) is 92.7 Å². The molecule has 2 heterocycles. The van der Waals surface area contributed by atoms with Crippen LogP contribution in [0.3, 0.4) is 0 Å². The first-order valence-corrected chi connectivity index (χ1v) is 7.47. The maximum absolute atomic E-state index is 12.3. The van der Waals surface area contributed by atoms with Crippen LogP contribution in [-0.2, 0) is 6.42 Å². The number of rotatable bonds is 3. The van der Waals surface area contributed by atoms with Crippen molar-refractivity contribution in [3.8, 4) is 0 Å². The van der Waals surface area contributed by atoms with Crippen molar-refractivity contribution in [2.75, 3.05) is 0 Å². The number of nitrogens with one attached hydrogen (secondary N) is 1. The first kappa shape index (κ1) is 15.4. The summed E-state index contributed by atoms with van der Waals surface area (Å²) in [4.78, 5) is 23.2. The van der Waals surface area contributed by atoms with E-state index < -0.39 is 11.9 Å². The molecule has 0 fully saturated rings. The molecule has 0 bridgehead atoms. The lowest BCUT2D eigenvalue weighted by Gasteiger charge is -2.34. The number of fused-ring (bicyclic) bond motifs is 1. The molecule has 0 saturated carbocycles. The van der Waals surface area contributed by atoms with Crippen LogP contribution in [0.2, 0.25) is 0 Å². The molecule has 0 spiro atoms. The molecule has 0 radical (unpaired) electrons. The first-order chi connectivity index (χ1) is 10.7. The Bertz CT molecular complexity index is 768. The van der Waals surface area contributed by atoms with Gasteiger partial charge >= 0.3 is 5.97 Å². The van der Waals surface area contributed by atoms with E-state index in [1.165, 1.54) is 6.07 Å². The Morgan fingerprint density at radius 1 is 1.35 bits per heavy atom. The van der Waals surface area contributed by atoms with Crippen LogP contribution in [-0.4, -0.2) is 17.0 Å². The predicted octanol–water partition coefficient (Wildman–Crippen LogP) is 3.32. The van der Waals surface area contributed by atoms with Crippen molar-refractivity contribution in [2.24, 2.45) is 5.41 Å². The summed E-state index contributed by atoms with van der Waals surface area (Å²) in [6.45, 7) is 6.14. The van der Waals surface area contributed by atoms with E-state index in [9.17, 15) is 9.59 Å². The normalized spacial score (nSPS) is 19.2. The largest absolute Gasteiger partial charge is 0.478 e. The van der Waals surface area contributed by atoms with Crippen molar-refractivity contribution in [1.29, 1.82) is 0 Å². The summed E-state index contributed by atoms with van der Waals surface area (Å²) in [6, 6.07) is 2.99. The molecule has 2 aromatic heterocycles. The fraction of sp³-hybridized carbons (Fsp3) is 0.412. The first-order valence-electron chi connectivity index (χ1n) is 7.47. The smallest absolute Gasteiger partial charge is 0.338 e. The lowest BCUT2D eigenvalue weighted by Crippen LogP contribution is -2.35. The van der Waals surface area contributed by atoms with Crippen molar-refractivity contribution in [3.63, 3.8) is 0 Å². The summed E-state index contributed by atoms with van der Waals surface area (Å²) in [7, 11) is 0. The van der Waals surface area contributed by atoms with Gasteiger partial charge in [0.1, 0.15) is 17.8 Å². The van der Waals surface area contributed by atoms with Crippen molar-refractivity contribution >= 4 is 11.9 Å². The molecule has 23 heavy (non-hydrogen) atoms. The van der Waals surface area contributed by atoms with E-state index in [0.29, 0.717) is 0 Å². The predicted molar refractivity (Wildman–Crippen MR) is 81.4 cm³/mol. The van der Waals surface area contributed by atoms with E-state index in [2.05, 4.69) is 19.2 Å². The SMILES string of the molecule is Cc1cc2c(o1)CC(C)(C)CC2NC(=O)c1cc(C(=O)O)co1. The maximum atomic E-state index is 12.3. The third-order valence-electron chi connectivity index (χ3n) is 4.11. The van der Waals surface area contributed by atoms with Gasteiger partial charge in [-0.3, -0.25) is 4.79 Å². The number of carbonyl (C=O) groups excluding carboxylic acids is 1. The van der Waals surface area contributed by atoms with Gasteiger partial charge in [-0.05, 0) is 24.8 Å². The van der Waals surface area contributed by atoms with Gasteiger partial charge in [-0.2, -0.15) is 0 Å². The molecule has 122 valence electrons. The molecule has 2 N–H and O–H groups in total. The molecule has 2 aromatic rings. The fourth-order valence-corrected chi connectivity index (χ4v) is 3.11. The van der Waals surface area contributed by atoms with Crippen molar-refractivity contribution in [1.82, 2.24) is 5.32 Å². The number of furan rings is 2. The van der Waals surface area contributed by atoms with E-state index in [-0.39, 0.29) is 22.8 Å². The van der Waals surface area contributed by atoms with Gasteiger partial charge in [0.2, 0.25) is 0 Å². The molecular formula is C17H19NO5. The molecule has 0 saturated heterocycles. The monoisotopic (exact) mass is 317 g/mol. The highest BCUT2D eigenvalue weighted by Gasteiger charge is 2.36. The second kappa shape index (κ2) is 5.30. The molecule has 1 atom stereocenters. The fourth-order valence-electron chi connectivity index (χ4n) is 3.11. The summed E-state index contributed by atoms with van der Waals surface area (Å²) in [5.74, 6) is 0.157. The molecule has 6 nitrogen and oxygen atoms in total. The molecule has 6 heteroatoms. The number of amides is 1. The molecule has 1 amide bonds. The van der Waals surface area contributed by atoms with E-state index >= 15 is 0 Å². The van der Waals surface area contributed by atoms with Crippen molar-refractivity contribution in [3.05, 3.63) is 46.8 Å². The number of aryl methyl sites for hydroxylation is 1. The summed E-state index contributed by atoms with van der Waals surface area (Å²) < 4.78 is 10.8. The number of aromatic carboxylic acids is 1. The zero-order chi connectivity index (χ0) is 16.8. The lowest BCUT2D eigenvalue weighted by molar-refractivity contribution is 0.0695. The maximum Gasteiger partial charge on any atom is 0.338 e. The number of hydrogen-bond acceptors (Lipinski definition) is 4. The number of carboxylic acids is 1. The Balaban J connectivity index is 1.83. The summed E-state index contributed by atoms with van der Waals surface area (Å²) >= 11 is 0. The van der Waals surface area contributed by atoms with Gasteiger partial charge in [0.05, 0.1) is 11.6 Å². The van der Waals surface area contributed by atoms with E-state index in [1.807, 2.05) is 13.0 Å². The number of hydrogen-bond donors (Lipinski definition) is 2. The third-order valence-corrected chi connectivity index (χ3v) is 4.11. The number of carbonyl (C=O) groups is 2. The zero-order valence-corrected chi connectivity index (χ0v) is 13.3. The molecule has 1 aliphatic rings. The Labute approximate surface area is 133 Å². The Morgan fingerprint density at radius 2 is 2.09 bits per heavy atom. The minimum absolute atomic E-state index is 0.00459. The Kier molecular flexibility index (Phi) is 3.55. The molecule has 0 aliphatic heterocycles.